The summed E-state index contributed by atoms with van der Waals surface area (Å²) in [7, 11) is 0. The fourth-order valence-corrected chi connectivity index (χ4v) is 3.46. The van der Waals surface area contributed by atoms with Crippen molar-refractivity contribution in [1.82, 2.24) is 24.4 Å². The van der Waals surface area contributed by atoms with Gasteiger partial charge in [-0.1, -0.05) is 11.6 Å². The first-order valence-electron chi connectivity index (χ1n) is 8.88. The molecule has 27 heavy (non-hydrogen) atoms. The molecule has 0 aliphatic heterocycles. The minimum absolute atomic E-state index is 0.182. The van der Waals surface area contributed by atoms with Crippen LogP contribution < -0.4 is 11.1 Å². The van der Waals surface area contributed by atoms with Gasteiger partial charge in [-0.15, -0.1) is 0 Å². The molecule has 1 saturated carbocycles. The summed E-state index contributed by atoms with van der Waals surface area (Å²) >= 11 is 6.25. The molecule has 9 heteroatoms. The minimum atomic E-state index is 0.182. The Morgan fingerprint density at radius 1 is 1.37 bits per heavy atom. The van der Waals surface area contributed by atoms with E-state index in [1.54, 1.807) is 6.92 Å². The van der Waals surface area contributed by atoms with Crippen molar-refractivity contribution < 1.29 is 0 Å². The fraction of sp³-hybridized carbons (Fsp3) is 0.444. The number of nitrogens with one attached hydrogen (secondary N) is 1. The first kappa shape index (κ1) is 17.6. The van der Waals surface area contributed by atoms with Gasteiger partial charge >= 0.3 is 0 Å². The first-order valence-corrected chi connectivity index (χ1v) is 9.26. The van der Waals surface area contributed by atoms with E-state index >= 15 is 0 Å². The number of hydrogen-bond donors (Lipinski definition) is 2. The van der Waals surface area contributed by atoms with Crippen LogP contribution in [-0.2, 0) is 12.0 Å². The lowest BCUT2D eigenvalue weighted by molar-refractivity contribution is 0.457. The molecule has 1 aliphatic carbocycles. The van der Waals surface area contributed by atoms with Gasteiger partial charge in [0.1, 0.15) is 28.3 Å². The highest BCUT2D eigenvalue weighted by Crippen LogP contribution is 2.43. The number of halogens is 1. The van der Waals surface area contributed by atoms with Crippen LogP contribution in [0, 0.1) is 25.2 Å². The van der Waals surface area contributed by atoms with Crippen molar-refractivity contribution in [2.24, 2.45) is 0 Å². The molecule has 0 spiro atoms. The molecule has 0 atom stereocenters. The third-order valence-corrected chi connectivity index (χ3v) is 5.55. The van der Waals surface area contributed by atoms with Gasteiger partial charge in [-0.3, -0.25) is 4.68 Å². The lowest BCUT2D eigenvalue weighted by Crippen LogP contribution is -2.16. The highest BCUT2D eigenvalue weighted by atomic mass is 35.5. The van der Waals surface area contributed by atoms with Gasteiger partial charge in [0.15, 0.2) is 5.65 Å². The third-order valence-electron chi connectivity index (χ3n) is 5.11. The van der Waals surface area contributed by atoms with Gasteiger partial charge in [-0.25, -0.2) is 4.98 Å². The number of aromatic nitrogens is 5. The quantitative estimate of drug-likeness (QED) is 0.699. The zero-order chi connectivity index (χ0) is 19.3. The molecular weight excluding hydrogens is 364 g/mol. The predicted molar refractivity (Wildman–Crippen MR) is 104 cm³/mol. The summed E-state index contributed by atoms with van der Waals surface area (Å²) in [6.45, 7) is 6.67. The molecule has 3 N–H and O–H groups in total. The van der Waals surface area contributed by atoms with Crippen LogP contribution in [0.25, 0.3) is 5.65 Å². The van der Waals surface area contributed by atoms with E-state index in [1.807, 2.05) is 0 Å². The van der Waals surface area contributed by atoms with E-state index in [0.717, 1.165) is 5.69 Å². The molecule has 0 bridgehead atoms. The van der Waals surface area contributed by atoms with Crippen LogP contribution in [0.4, 0.5) is 11.6 Å². The Balaban J connectivity index is 1.55. The Bertz CT molecular complexity index is 1080. The molecular formula is C18H21ClN8. The molecule has 0 unspecified atom stereocenters. The van der Waals surface area contributed by atoms with E-state index in [-0.39, 0.29) is 16.9 Å². The molecule has 1 fully saturated rings. The Morgan fingerprint density at radius 2 is 2.11 bits per heavy atom. The average Bonchev–Trinajstić information content (AvgIpc) is 3.16. The van der Waals surface area contributed by atoms with Crippen LogP contribution >= 0.6 is 11.6 Å². The van der Waals surface area contributed by atoms with Crippen LogP contribution in [0.15, 0.2) is 6.07 Å². The highest BCUT2D eigenvalue weighted by molar-refractivity contribution is 6.34. The molecule has 0 amide bonds. The van der Waals surface area contributed by atoms with Crippen LogP contribution in [0.3, 0.4) is 0 Å². The first-order chi connectivity index (χ1) is 12.8. The molecule has 3 aromatic rings. The molecule has 4 rings (SSSR count). The second-order valence-electron chi connectivity index (χ2n) is 7.33. The standard InChI is InChI=1S/C18H21ClN8/c1-10-8-12(25-27(10)18(3)5-6-18)4-7-22-16-13(9-20)15(21)26-17(23-16)14(19)11(2)24-26/h8H,4-7,21H2,1-3H3,(H,22,23). The molecule has 0 saturated heterocycles. The maximum Gasteiger partial charge on any atom is 0.178 e. The minimum Gasteiger partial charge on any atom is -0.382 e. The molecule has 0 radical (unpaired) electrons. The topological polar surface area (TPSA) is 110 Å². The monoisotopic (exact) mass is 384 g/mol. The van der Waals surface area contributed by atoms with Crippen LogP contribution in [0.2, 0.25) is 5.02 Å². The van der Waals surface area contributed by atoms with Crippen molar-refractivity contribution >= 4 is 28.9 Å². The van der Waals surface area contributed by atoms with Crippen LogP contribution in [0.5, 0.6) is 0 Å². The number of nitrogen functional groups attached to an aromatic ring is 1. The summed E-state index contributed by atoms with van der Waals surface area (Å²) < 4.78 is 3.53. The van der Waals surface area contributed by atoms with E-state index in [9.17, 15) is 5.26 Å². The predicted octanol–water partition coefficient (Wildman–Crippen LogP) is 2.81. The number of hydrogen-bond acceptors (Lipinski definition) is 6. The molecule has 3 heterocycles. The van der Waals surface area contributed by atoms with Crippen molar-refractivity contribution in [3.63, 3.8) is 0 Å². The number of aryl methyl sites for hydroxylation is 2. The normalized spacial score (nSPS) is 15.1. The summed E-state index contributed by atoms with van der Waals surface area (Å²) in [6.07, 6.45) is 3.06. The van der Waals surface area contributed by atoms with Gasteiger partial charge < -0.3 is 11.1 Å². The van der Waals surface area contributed by atoms with E-state index in [0.29, 0.717) is 35.1 Å². The Morgan fingerprint density at radius 3 is 2.78 bits per heavy atom. The van der Waals surface area contributed by atoms with Gasteiger partial charge in [0.05, 0.1) is 16.9 Å². The Kier molecular flexibility index (Phi) is 4.00. The Labute approximate surface area is 161 Å². The van der Waals surface area contributed by atoms with E-state index in [4.69, 9.17) is 22.4 Å². The van der Waals surface area contributed by atoms with Gasteiger partial charge in [0.2, 0.25) is 0 Å². The number of anilines is 2. The average molecular weight is 385 g/mol. The number of nitrogens with two attached hydrogens (primary N) is 1. The second-order valence-corrected chi connectivity index (χ2v) is 7.71. The summed E-state index contributed by atoms with van der Waals surface area (Å²) in [5.74, 6) is 0.636. The van der Waals surface area contributed by atoms with Gasteiger partial charge in [-0.05, 0) is 39.7 Å². The van der Waals surface area contributed by atoms with Crippen molar-refractivity contribution in [2.75, 3.05) is 17.6 Å². The van der Waals surface area contributed by atoms with Crippen molar-refractivity contribution in [1.29, 1.82) is 5.26 Å². The summed E-state index contributed by atoms with van der Waals surface area (Å²) in [5, 5.41) is 22.1. The van der Waals surface area contributed by atoms with Crippen molar-refractivity contribution in [2.45, 2.75) is 45.6 Å². The van der Waals surface area contributed by atoms with Crippen molar-refractivity contribution in [3.05, 3.63) is 33.7 Å². The highest BCUT2D eigenvalue weighted by Gasteiger charge is 2.41. The lowest BCUT2D eigenvalue weighted by Gasteiger charge is -2.11. The zero-order valence-corrected chi connectivity index (χ0v) is 16.3. The maximum atomic E-state index is 9.49. The molecule has 140 valence electrons. The number of nitrogens with zero attached hydrogens (tertiary/aromatic N) is 6. The van der Waals surface area contributed by atoms with Crippen LogP contribution in [0.1, 0.15) is 42.4 Å². The van der Waals surface area contributed by atoms with Crippen LogP contribution in [-0.4, -0.2) is 30.9 Å². The van der Waals surface area contributed by atoms with Gasteiger partial charge in [0, 0.05) is 18.7 Å². The summed E-state index contributed by atoms with van der Waals surface area (Å²) in [4.78, 5) is 4.46. The third kappa shape index (κ3) is 2.88. The van der Waals surface area contributed by atoms with E-state index in [2.05, 4.69) is 46.1 Å². The van der Waals surface area contributed by atoms with E-state index < -0.39 is 0 Å². The summed E-state index contributed by atoms with van der Waals surface area (Å²) in [5.41, 5.74) is 9.78. The van der Waals surface area contributed by atoms with E-state index in [1.165, 1.54) is 23.1 Å². The molecule has 8 nitrogen and oxygen atoms in total. The smallest absolute Gasteiger partial charge is 0.178 e. The molecule has 0 aromatic carbocycles. The fourth-order valence-electron chi connectivity index (χ4n) is 3.30. The van der Waals surface area contributed by atoms with Gasteiger partial charge in [-0.2, -0.15) is 20.0 Å². The second kappa shape index (κ2) is 6.13. The SMILES string of the molecule is Cc1nn2c(N)c(C#N)c(NCCc3cc(C)n(C4(C)CC4)n3)nc2c1Cl. The number of nitriles is 1. The number of rotatable bonds is 5. The molecule has 3 aromatic heterocycles. The van der Waals surface area contributed by atoms with Gasteiger partial charge in [0.25, 0.3) is 0 Å². The lowest BCUT2D eigenvalue weighted by atomic mass is 10.2. The maximum absolute atomic E-state index is 9.49. The Hall–Kier alpha value is -2.79. The zero-order valence-electron chi connectivity index (χ0n) is 15.5. The van der Waals surface area contributed by atoms with Crippen molar-refractivity contribution in [3.8, 4) is 6.07 Å². The largest absolute Gasteiger partial charge is 0.382 e. The molecule has 1 aliphatic rings. The number of fused-ring (bicyclic) bond motifs is 1. The summed E-state index contributed by atoms with van der Waals surface area (Å²) in [6, 6.07) is 4.21.